The number of ether oxygens (including phenoxy) is 1. The van der Waals surface area contributed by atoms with Gasteiger partial charge in [-0.1, -0.05) is 17.7 Å². The Morgan fingerprint density at radius 1 is 1.40 bits per heavy atom. The fourth-order valence-electron chi connectivity index (χ4n) is 1.72. The average molecular weight is 289 g/mol. The lowest BCUT2D eigenvalue weighted by molar-refractivity contribution is 0.0692. The van der Waals surface area contributed by atoms with Gasteiger partial charge in [-0.25, -0.2) is 9.78 Å². The number of rotatable bonds is 3. The van der Waals surface area contributed by atoms with Gasteiger partial charge in [0.15, 0.2) is 0 Å². The fourth-order valence-corrected chi connectivity index (χ4v) is 1.88. The highest BCUT2D eigenvalue weighted by Crippen LogP contribution is 2.27. The maximum atomic E-state index is 11.1. The predicted octanol–water partition coefficient (Wildman–Crippen LogP) is 2.98. The lowest BCUT2D eigenvalue weighted by Gasteiger charge is -2.07. The number of benzene rings is 1. The number of carboxylic acid groups (broad SMARTS) is 1. The molecule has 0 unspecified atom stereocenters. The minimum Gasteiger partial charge on any atom is -0.480 e. The van der Waals surface area contributed by atoms with Crippen LogP contribution in [0.15, 0.2) is 30.5 Å². The van der Waals surface area contributed by atoms with Crippen LogP contribution in [0.5, 0.6) is 5.88 Å². The second-order valence-electron chi connectivity index (χ2n) is 3.89. The lowest BCUT2D eigenvalue weighted by atomic mass is 10.0. The fraction of sp³-hybridized carbons (Fsp3) is 0.0714. The van der Waals surface area contributed by atoms with Crippen LogP contribution >= 0.6 is 11.6 Å². The van der Waals surface area contributed by atoms with Gasteiger partial charge < -0.3 is 9.84 Å². The van der Waals surface area contributed by atoms with Crippen molar-refractivity contribution in [3.8, 4) is 23.1 Å². The molecule has 0 saturated carbocycles. The molecule has 1 N–H and O–H groups in total. The number of nitriles is 1. The Labute approximate surface area is 120 Å². The van der Waals surface area contributed by atoms with Gasteiger partial charge in [0.2, 0.25) is 5.88 Å². The first-order valence-electron chi connectivity index (χ1n) is 5.54. The first kappa shape index (κ1) is 13.8. The van der Waals surface area contributed by atoms with Crippen LogP contribution < -0.4 is 4.74 Å². The molecule has 0 aliphatic heterocycles. The molecule has 0 atom stereocenters. The molecule has 5 nitrogen and oxygen atoms in total. The molecule has 0 radical (unpaired) electrons. The standard InChI is InChI=1S/C14H9ClN2O3/c1-20-13-11(14(18)19)5-10(7-17-13)8-2-3-12(15)9(4-8)6-16/h2-5,7H,1H3,(H,18,19). The van der Waals surface area contributed by atoms with Crippen molar-refractivity contribution in [2.24, 2.45) is 0 Å². The highest BCUT2D eigenvalue weighted by molar-refractivity contribution is 6.31. The Bertz CT molecular complexity index is 723. The number of aromatic carboxylic acids is 1. The number of halogens is 1. The first-order valence-corrected chi connectivity index (χ1v) is 5.92. The van der Waals surface area contributed by atoms with E-state index in [1.165, 1.54) is 19.4 Å². The third-order valence-electron chi connectivity index (χ3n) is 2.70. The smallest absolute Gasteiger partial charge is 0.341 e. The summed E-state index contributed by atoms with van der Waals surface area (Å²) in [5, 5.41) is 18.4. The lowest BCUT2D eigenvalue weighted by Crippen LogP contribution is -2.02. The monoisotopic (exact) mass is 288 g/mol. The second kappa shape index (κ2) is 5.59. The Hall–Kier alpha value is -2.58. The molecule has 1 aromatic carbocycles. The molecule has 0 amide bonds. The molecule has 6 heteroatoms. The van der Waals surface area contributed by atoms with Crippen molar-refractivity contribution in [2.45, 2.75) is 0 Å². The first-order chi connectivity index (χ1) is 9.56. The molecule has 1 aromatic heterocycles. The number of carboxylic acids is 1. The number of carbonyl (C=O) groups is 1. The number of hydrogen-bond donors (Lipinski definition) is 1. The molecule has 0 bridgehead atoms. The molecule has 20 heavy (non-hydrogen) atoms. The van der Waals surface area contributed by atoms with Crippen molar-refractivity contribution in [1.82, 2.24) is 4.98 Å². The number of nitrogens with zero attached hydrogens (tertiary/aromatic N) is 2. The summed E-state index contributed by atoms with van der Waals surface area (Å²) in [7, 11) is 1.35. The molecular weight excluding hydrogens is 280 g/mol. The number of pyridine rings is 1. The largest absolute Gasteiger partial charge is 0.480 e. The third-order valence-corrected chi connectivity index (χ3v) is 3.02. The molecule has 2 aromatic rings. The van der Waals surface area contributed by atoms with Crippen LogP contribution in [0.2, 0.25) is 5.02 Å². The second-order valence-corrected chi connectivity index (χ2v) is 4.30. The molecule has 0 saturated heterocycles. The molecule has 0 spiro atoms. The normalized spacial score (nSPS) is 9.85. The number of hydrogen-bond acceptors (Lipinski definition) is 4. The van der Waals surface area contributed by atoms with E-state index in [2.05, 4.69) is 4.98 Å². The molecule has 1 heterocycles. The quantitative estimate of drug-likeness (QED) is 0.938. The number of aromatic nitrogens is 1. The Balaban J connectivity index is 2.56. The minimum atomic E-state index is -1.13. The van der Waals surface area contributed by atoms with E-state index in [-0.39, 0.29) is 11.4 Å². The summed E-state index contributed by atoms with van der Waals surface area (Å²) in [5.41, 5.74) is 1.50. The molecule has 0 aliphatic rings. The highest BCUT2D eigenvalue weighted by Gasteiger charge is 2.14. The van der Waals surface area contributed by atoms with Crippen LogP contribution in [0.25, 0.3) is 11.1 Å². The van der Waals surface area contributed by atoms with E-state index < -0.39 is 5.97 Å². The van der Waals surface area contributed by atoms with E-state index in [4.69, 9.17) is 26.7 Å². The molecular formula is C14H9ClN2O3. The molecule has 0 fully saturated rings. The third kappa shape index (κ3) is 2.56. The van der Waals surface area contributed by atoms with E-state index in [0.29, 0.717) is 21.7 Å². The van der Waals surface area contributed by atoms with Crippen LogP contribution in [-0.4, -0.2) is 23.2 Å². The van der Waals surface area contributed by atoms with E-state index in [1.807, 2.05) is 6.07 Å². The molecule has 2 rings (SSSR count). The summed E-state index contributed by atoms with van der Waals surface area (Å²) < 4.78 is 4.90. The molecule has 0 aliphatic carbocycles. The summed E-state index contributed by atoms with van der Waals surface area (Å²) in [6.07, 6.45) is 1.48. The van der Waals surface area contributed by atoms with Gasteiger partial charge >= 0.3 is 5.97 Å². The molecule has 100 valence electrons. The van der Waals surface area contributed by atoms with E-state index in [9.17, 15) is 4.79 Å². The van der Waals surface area contributed by atoms with Gasteiger partial charge in [-0.15, -0.1) is 0 Å². The van der Waals surface area contributed by atoms with E-state index in [1.54, 1.807) is 18.2 Å². The summed E-state index contributed by atoms with van der Waals surface area (Å²) in [4.78, 5) is 15.1. The van der Waals surface area contributed by atoms with Crippen LogP contribution in [0.1, 0.15) is 15.9 Å². The Morgan fingerprint density at radius 3 is 2.75 bits per heavy atom. The summed E-state index contributed by atoms with van der Waals surface area (Å²) in [5.74, 6) is -1.10. The maximum Gasteiger partial charge on any atom is 0.341 e. The van der Waals surface area contributed by atoms with Crippen molar-refractivity contribution in [3.05, 3.63) is 46.6 Å². The Kier molecular flexibility index (Phi) is 3.87. The average Bonchev–Trinajstić information content (AvgIpc) is 2.47. The zero-order chi connectivity index (χ0) is 14.7. The van der Waals surface area contributed by atoms with Crippen molar-refractivity contribution < 1.29 is 14.6 Å². The predicted molar refractivity (Wildman–Crippen MR) is 72.9 cm³/mol. The van der Waals surface area contributed by atoms with Gasteiger partial charge in [-0.05, 0) is 23.8 Å². The SMILES string of the molecule is COc1ncc(-c2ccc(Cl)c(C#N)c2)cc1C(=O)O. The Morgan fingerprint density at radius 2 is 2.15 bits per heavy atom. The van der Waals surface area contributed by atoms with Crippen molar-refractivity contribution in [2.75, 3.05) is 7.11 Å². The van der Waals surface area contributed by atoms with Gasteiger partial charge in [-0.3, -0.25) is 0 Å². The maximum absolute atomic E-state index is 11.1. The summed E-state index contributed by atoms with van der Waals surface area (Å²) in [6.45, 7) is 0. The van der Waals surface area contributed by atoms with Crippen LogP contribution in [0.3, 0.4) is 0 Å². The number of methoxy groups -OCH3 is 1. The van der Waals surface area contributed by atoms with Crippen LogP contribution in [0.4, 0.5) is 0 Å². The summed E-state index contributed by atoms with van der Waals surface area (Å²) in [6, 6.07) is 8.27. The minimum absolute atomic E-state index is 0.0377. The van der Waals surface area contributed by atoms with Crippen molar-refractivity contribution in [1.29, 1.82) is 5.26 Å². The zero-order valence-electron chi connectivity index (χ0n) is 10.4. The van der Waals surface area contributed by atoms with Crippen LogP contribution in [0, 0.1) is 11.3 Å². The highest BCUT2D eigenvalue weighted by atomic mass is 35.5. The summed E-state index contributed by atoms with van der Waals surface area (Å²) >= 11 is 5.86. The van der Waals surface area contributed by atoms with Gasteiger partial charge in [-0.2, -0.15) is 5.26 Å². The van der Waals surface area contributed by atoms with Crippen LogP contribution in [-0.2, 0) is 0 Å². The van der Waals surface area contributed by atoms with Crippen molar-refractivity contribution >= 4 is 17.6 Å². The van der Waals surface area contributed by atoms with Gasteiger partial charge in [0, 0.05) is 11.8 Å². The van der Waals surface area contributed by atoms with Gasteiger partial charge in [0.1, 0.15) is 11.6 Å². The van der Waals surface area contributed by atoms with Crippen molar-refractivity contribution in [3.63, 3.8) is 0 Å². The van der Waals surface area contributed by atoms with Gasteiger partial charge in [0.25, 0.3) is 0 Å². The van der Waals surface area contributed by atoms with E-state index in [0.717, 1.165) is 0 Å². The zero-order valence-corrected chi connectivity index (χ0v) is 11.2. The van der Waals surface area contributed by atoms with Gasteiger partial charge in [0.05, 0.1) is 17.7 Å². The topological polar surface area (TPSA) is 83.2 Å². The van der Waals surface area contributed by atoms with E-state index >= 15 is 0 Å².